The molecule has 4 heterocycles. The summed E-state index contributed by atoms with van der Waals surface area (Å²) in [5.41, 5.74) is 6.47. The maximum atomic E-state index is 12.6. The summed E-state index contributed by atoms with van der Waals surface area (Å²) >= 11 is 5.75. The van der Waals surface area contributed by atoms with Gasteiger partial charge in [-0.15, -0.1) is 0 Å². The third-order valence-corrected chi connectivity index (χ3v) is 16.7. The van der Waals surface area contributed by atoms with Crippen LogP contribution in [0.25, 0.3) is 0 Å². The number of pyridine rings is 3. The molecule has 556 valence electrons. The summed E-state index contributed by atoms with van der Waals surface area (Å²) in [6, 6.07) is 10.8. The van der Waals surface area contributed by atoms with Crippen molar-refractivity contribution >= 4 is 64.1 Å². The fraction of sp³-hybridized carbons (Fsp3) is 0.463. The summed E-state index contributed by atoms with van der Waals surface area (Å²) in [5, 5.41) is 20.7. The van der Waals surface area contributed by atoms with E-state index in [0.717, 1.165) is 40.0 Å². The topological polar surface area (TPSA) is 272 Å². The van der Waals surface area contributed by atoms with Gasteiger partial charge < -0.3 is 29.2 Å². The first-order valence-electron chi connectivity index (χ1n) is 34.6. The van der Waals surface area contributed by atoms with Gasteiger partial charge in [0.15, 0.2) is 23.1 Å². The number of nitrogens with zero attached hydrogens (tertiary/aromatic N) is 3. The minimum Gasteiger partial charge on any atom is -0.480 e. The molecule has 102 heavy (non-hydrogen) atoms. The molecule has 8 rings (SSSR count). The van der Waals surface area contributed by atoms with Crippen molar-refractivity contribution in [2.75, 3.05) is 0 Å². The fourth-order valence-corrected chi connectivity index (χ4v) is 10.2. The number of carbonyl (C=O) groups excluding carboxylic acids is 7. The first-order chi connectivity index (χ1) is 47.4. The zero-order valence-electron chi connectivity index (χ0n) is 63.6. The average Bonchev–Trinajstić information content (AvgIpc) is 0.831. The monoisotopic (exact) mass is 1430 g/mol. The van der Waals surface area contributed by atoms with E-state index in [1.165, 1.54) is 42.0 Å². The Balaban J connectivity index is 0.000000586. The predicted molar refractivity (Wildman–Crippen MR) is 405 cm³/mol. The zero-order chi connectivity index (χ0) is 78.2. The molecular weight excluding hydrogens is 1320 g/mol. The molecule has 0 bridgehead atoms. The summed E-state index contributed by atoms with van der Waals surface area (Å²) in [6.07, 6.45) is 24.4. The summed E-state index contributed by atoms with van der Waals surface area (Å²) in [5.74, 6) is 0.229. The van der Waals surface area contributed by atoms with Crippen molar-refractivity contribution in [1.82, 2.24) is 19.0 Å². The van der Waals surface area contributed by atoms with Gasteiger partial charge in [-0.3, -0.25) is 52.7 Å². The Kier molecular flexibility index (Phi) is 39.5. The lowest BCUT2D eigenvalue weighted by Crippen LogP contribution is -2.34. The normalized spacial score (nSPS) is 14.8. The van der Waals surface area contributed by atoms with Gasteiger partial charge in [0.25, 0.3) is 22.6 Å². The number of Topliss-reactive ketones (excluding diaryl/α,β-unsaturated/α-hetero) is 6. The summed E-state index contributed by atoms with van der Waals surface area (Å²) < 4.78 is 17.0. The first-order valence-corrected chi connectivity index (χ1v) is 35.0. The second-order valence-corrected chi connectivity index (χ2v) is 28.6. The van der Waals surface area contributed by atoms with Crippen LogP contribution in [0.15, 0.2) is 187 Å². The molecule has 0 spiro atoms. The van der Waals surface area contributed by atoms with Crippen LogP contribution in [-0.2, 0) is 62.8 Å². The zero-order valence-corrected chi connectivity index (χ0v) is 64.3. The highest BCUT2D eigenvalue weighted by Gasteiger charge is 2.26. The second kappa shape index (κ2) is 44.3. The molecule has 1 aliphatic heterocycles. The van der Waals surface area contributed by atoms with E-state index in [-0.39, 0.29) is 124 Å². The Morgan fingerprint density at radius 2 is 0.941 bits per heavy atom. The smallest absolute Gasteiger partial charge is 0.335 e. The molecule has 20 heteroatoms. The average molecular weight is 1430 g/mol. The number of rotatable bonds is 17. The standard InChI is InChI=1S/C14H21NO2.C12H17NO2.C10H13NO3.C10H12O3.C9H11ClO.C9H11FO.C9H13NO.C9H12O/c1-10(2)12-7-6-8-15(13(12)17)9-14(4,5)11(3)16;1-9(2)11-5-4-7-13(12(11)15)8-6-10(3)14;1-7(2)8-4-3-5-11(10(8)14)6-9(12)13;1-6(2)8-5-7(10(12)13)3-4-9(8)11;2*1-6(2)8-5-7(10)3-4-9(8)11;1-6(2)8-5-4-7(3)10-9(8)11;1-7(2)8-5-3-4-6-9(8)10/h6-8,10H,9H2,1-5H3;4-5,7,9H,6,8H2,1-3H3;3-5,7H,6H2,1-2H3,(H,12,13);3,5-6H,4H2,1-2H3,(H,12,13);2*3,5-6H,4H2,1-2H3;5-6H,3-4H2,1-2H3,(H,10,11);3-5,7H,6H2,1-2H3. The van der Waals surface area contributed by atoms with Crippen molar-refractivity contribution in [1.29, 1.82) is 0 Å². The summed E-state index contributed by atoms with van der Waals surface area (Å²) in [4.78, 5) is 135. The van der Waals surface area contributed by atoms with Crippen molar-refractivity contribution in [3.05, 3.63) is 220 Å². The fourth-order valence-electron chi connectivity index (χ4n) is 9.98. The molecule has 0 atom stereocenters. The van der Waals surface area contributed by atoms with Crippen LogP contribution >= 0.6 is 11.6 Å². The molecule has 3 aromatic heterocycles. The molecule has 0 unspecified atom stereocenters. The van der Waals surface area contributed by atoms with E-state index < -0.39 is 17.4 Å². The van der Waals surface area contributed by atoms with Crippen molar-refractivity contribution in [2.24, 2.45) is 35.0 Å². The third kappa shape index (κ3) is 31.8. The number of hydrogen-bond donors (Lipinski definition) is 3. The molecule has 0 saturated heterocycles. The van der Waals surface area contributed by atoms with Crippen molar-refractivity contribution in [3.63, 3.8) is 0 Å². The van der Waals surface area contributed by atoms with Gasteiger partial charge in [0, 0.05) is 114 Å². The highest BCUT2D eigenvalue weighted by molar-refractivity contribution is 6.32. The van der Waals surface area contributed by atoms with Crippen LogP contribution in [0.4, 0.5) is 4.39 Å². The molecule has 0 saturated carbocycles. The van der Waals surface area contributed by atoms with Crippen LogP contribution in [-0.4, -0.2) is 76.5 Å². The number of hydrogen-bond acceptors (Lipinski definition) is 12. The molecule has 1 amide bonds. The number of aryl methyl sites for hydroxylation is 1. The molecule has 5 aliphatic rings. The van der Waals surface area contributed by atoms with Gasteiger partial charge in [-0.05, 0) is 120 Å². The van der Waals surface area contributed by atoms with Crippen LogP contribution in [0.5, 0.6) is 0 Å². The van der Waals surface area contributed by atoms with E-state index in [1.807, 2.05) is 173 Å². The predicted octanol–water partition coefficient (Wildman–Crippen LogP) is 15.9. The van der Waals surface area contributed by atoms with Crippen LogP contribution in [0.3, 0.4) is 0 Å². The number of halogens is 2. The molecule has 3 N–H and O–H groups in total. The molecule has 4 aliphatic carbocycles. The molecular formula is C82H110ClFN4O14. The van der Waals surface area contributed by atoms with Gasteiger partial charge in [-0.1, -0.05) is 197 Å². The lowest BCUT2D eigenvalue weighted by Gasteiger charge is -2.22. The molecule has 0 radical (unpaired) electrons. The van der Waals surface area contributed by atoms with Crippen molar-refractivity contribution in [3.8, 4) is 0 Å². The van der Waals surface area contributed by atoms with Gasteiger partial charge >= 0.3 is 11.9 Å². The molecule has 0 fully saturated rings. The summed E-state index contributed by atoms with van der Waals surface area (Å²) in [7, 11) is 0. The van der Waals surface area contributed by atoms with Crippen molar-refractivity contribution < 1.29 is 57.8 Å². The largest absolute Gasteiger partial charge is 0.480 e. The first kappa shape index (κ1) is 90.9. The Labute approximate surface area is 607 Å². The Hall–Kier alpha value is -9.10. The van der Waals surface area contributed by atoms with E-state index in [9.17, 15) is 61.9 Å². The van der Waals surface area contributed by atoms with Crippen LogP contribution in [0, 0.1) is 35.0 Å². The highest BCUT2D eigenvalue weighted by atomic mass is 35.5. The quantitative estimate of drug-likeness (QED) is 0.113. The number of carboxylic acids is 2. The lowest BCUT2D eigenvalue weighted by atomic mass is 9.89. The van der Waals surface area contributed by atoms with Crippen LogP contribution in [0.1, 0.15) is 211 Å². The van der Waals surface area contributed by atoms with Gasteiger partial charge in [0.05, 0.1) is 5.57 Å². The Morgan fingerprint density at radius 3 is 1.33 bits per heavy atom. The number of allylic oxidation sites excluding steroid dienone is 15. The minimum atomic E-state index is -1.01. The molecule has 0 aromatic carbocycles. The molecule has 3 aromatic rings. The SMILES string of the molecule is C=C1CC=C(C(C)C)C(=O)N1.CC(=O)C(C)(C)Cn1cccc(C(C)C)c1=O.CC(=O)CCn1cccc(C(C)C)c1=O.CC(C)C1=CC(C(=O)O)=CCC1=O.CC(C)C1=CC(Cl)=CCC1=O.CC(C)C1=CC(F)=CCC1=O.CC(C)C1=CC=CCC1=O.CC(C)c1cccn(CC(=O)O)c1=O. The number of nitrogens with one attached hydrogen (secondary N) is 1. The van der Waals surface area contributed by atoms with E-state index in [2.05, 4.69) is 11.9 Å². The minimum absolute atomic E-state index is 0.0104. The number of aromatic nitrogens is 3. The van der Waals surface area contributed by atoms with Gasteiger partial charge in [-0.2, -0.15) is 0 Å². The maximum absolute atomic E-state index is 12.6. The molecule has 18 nitrogen and oxygen atoms in total. The van der Waals surface area contributed by atoms with Crippen molar-refractivity contribution in [2.45, 2.75) is 214 Å². The van der Waals surface area contributed by atoms with Gasteiger partial charge in [0.1, 0.15) is 23.9 Å². The highest BCUT2D eigenvalue weighted by Crippen LogP contribution is 2.25. The lowest BCUT2D eigenvalue weighted by molar-refractivity contribution is -0.138. The Morgan fingerprint density at radius 1 is 0.529 bits per heavy atom. The van der Waals surface area contributed by atoms with E-state index in [0.29, 0.717) is 65.9 Å². The third-order valence-electron chi connectivity index (χ3n) is 16.4. The van der Waals surface area contributed by atoms with Crippen LogP contribution < -0.4 is 22.0 Å². The van der Waals surface area contributed by atoms with Gasteiger partial charge in [-0.25, -0.2) is 9.18 Å². The van der Waals surface area contributed by atoms with Gasteiger partial charge in [0.2, 0.25) is 0 Å². The second-order valence-electron chi connectivity index (χ2n) is 28.2. The number of carboxylic acid groups (broad SMARTS) is 2. The number of carbonyl (C=O) groups is 9. The Bertz CT molecular complexity index is 3940. The number of ketones is 6. The summed E-state index contributed by atoms with van der Waals surface area (Å²) in [6.45, 7) is 42.6. The van der Waals surface area contributed by atoms with Crippen LogP contribution in [0.2, 0.25) is 0 Å². The number of amides is 1. The maximum Gasteiger partial charge on any atom is 0.335 e. The van der Waals surface area contributed by atoms with E-state index in [4.69, 9.17) is 21.8 Å². The number of aliphatic carboxylic acids is 2. The van der Waals surface area contributed by atoms with E-state index >= 15 is 0 Å². The van der Waals surface area contributed by atoms with E-state index in [1.54, 1.807) is 52.7 Å².